The number of nitrogens with one attached hydrogen (secondary N) is 2. The van der Waals surface area contributed by atoms with Crippen LogP contribution in [0, 0.1) is 0 Å². The molecule has 0 saturated heterocycles. The van der Waals surface area contributed by atoms with E-state index < -0.39 is 0 Å². The lowest BCUT2D eigenvalue weighted by Crippen LogP contribution is -2.28. The van der Waals surface area contributed by atoms with E-state index in [2.05, 4.69) is 72.4 Å². The number of amides is 2. The van der Waals surface area contributed by atoms with Gasteiger partial charge in [-0.2, -0.15) is 0 Å². The molecule has 6 heteroatoms. The van der Waals surface area contributed by atoms with Gasteiger partial charge in [0.2, 0.25) is 11.8 Å². The molecule has 0 saturated carbocycles. The summed E-state index contributed by atoms with van der Waals surface area (Å²) >= 11 is 0. The highest BCUT2D eigenvalue weighted by atomic mass is 16.2. The molecule has 0 fully saturated rings. The molecule has 2 aliphatic heterocycles. The highest BCUT2D eigenvalue weighted by Gasteiger charge is 2.40. The van der Waals surface area contributed by atoms with Crippen LogP contribution in [0.25, 0.3) is 0 Å². The van der Waals surface area contributed by atoms with Gasteiger partial charge in [-0.15, -0.1) is 0 Å². The van der Waals surface area contributed by atoms with E-state index in [1.165, 1.54) is 11.1 Å². The highest BCUT2D eigenvalue weighted by molar-refractivity contribution is 6.06. The lowest BCUT2D eigenvalue weighted by molar-refractivity contribution is -0.118. The Hall–Kier alpha value is -2.70. The first-order valence-corrected chi connectivity index (χ1v) is 15.3. The largest absolute Gasteiger partial charge is 0.325 e. The molecular formula is C33H48N4O2. The number of hydrogen-bond acceptors (Lipinski definition) is 4. The molecule has 0 aromatic heterocycles. The maximum atomic E-state index is 13.3. The summed E-state index contributed by atoms with van der Waals surface area (Å²) in [6, 6.07) is 12.5. The third-order valence-electron chi connectivity index (χ3n) is 8.26. The average Bonchev–Trinajstić information content (AvgIpc) is 3.42. The van der Waals surface area contributed by atoms with E-state index in [9.17, 15) is 9.59 Å². The zero-order chi connectivity index (χ0) is 27.8. The smallest absolute Gasteiger partial charge is 0.232 e. The number of hydrogen-bond donors (Lipinski definition) is 2. The predicted molar refractivity (Wildman–Crippen MR) is 162 cm³/mol. The summed E-state index contributed by atoms with van der Waals surface area (Å²) < 4.78 is 0. The van der Waals surface area contributed by atoms with Gasteiger partial charge in [-0.25, -0.2) is 0 Å². The molecule has 39 heavy (non-hydrogen) atoms. The molecule has 0 spiro atoms. The monoisotopic (exact) mass is 532 g/mol. The van der Waals surface area contributed by atoms with Crippen LogP contribution in [-0.4, -0.2) is 60.9 Å². The molecule has 2 unspecified atom stereocenters. The van der Waals surface area contributed by atoms with Gasteiger partial charge in [0.25, 0.3) is 0 Å². The van der Waals surface area contributed by atoms with Crippen LogP contribution in [0.15, 0.2) is 36.4 Å². The molecule has 4 rings (SSSR count). The quantitative estimate of drug-likeness (QED) is 0.271. The molecule has 0 aliphatic carbocycles. The van der Waals surface area contributed by atoms with Crippen molar-refractivity contribution in [3.63, 3.8) is 0 Å². The zero-order valence-corrected chi connectivity index (χ0v) is 24.5. The Bertz CT molecular complexity index is 1030. The second-order valence-electron chi connectivity index (χ2n) is 11.3. The van der Waals surface area contributed by atoms with E-state index in [0.717, 1.165) is 100 Å². The first kappa shape index (κ1) is 29.3. The minimum Gasteiger partial charge on any atom is -0.325 e. The van der Waals surface area contributed by atoms with Crippen LogP contribution in [0.3, 0.4) is 0 Å². The molecular weight excluding hydrogens is 484 g/mol. The summed E-state index contributed by atoms with van der Waals surface area (Å²) in [5, 5.41) is 6.26. The first-order valence-electron chi connectivity index (χ1n) is 15.3. The van der Waals surface area contributed by atoms with Crippen molar-refractivity contribution >= 4 is 23.2 Å². The average molecular weight is 533 g/mol. The standard InChI is InChI=1S/C33H48N4O2/c1-5-17-36(18-6-2)21-15-24-11-9-13-28-30(24)26(32(38)34-28)23-27-31-25(12-10-14-29(31)35-33(27)39)16-22-37(19-7-3)20-8-4/h9-14,26-27H,5-8,15-23H2,1-4H3,(H,34,38)(H,35,39). The lowest BCUT2D eigenvalue weighted by atomic mass is 9.82. The van der Waals surface area contributed by atoms with Crippen LogP contribution < -0.4 is 10.6 Å². The van der Waals surface area contributed by atoms with Crippen LogP contribution in [0.5, 0.6) is 0 Å². The Balaban J connectivity index is 1.56. The Labute approximate surface area is 235 Å². The number of carbonyl (C=O) groups is 2. The Kier molecular flexibility index (Phi) is 10.6. The maximum Gasteiger partial charge on any atom is 0.232 e. The Morgan fingerprint density at radius 3 is 1.33 bits per heavy atom. The fourth-order valence-corrected chi connectivity index (χ4v) is 6.58. The van der Waals surface area contributed by atoms with Crippen molar-refractivity contribution in [1.82, 2.24) is 9.80 Å². The van der Waals surface area contributed by atoms with Crippen LogP contribution in [-0.2, 0) is 22.4 Å². The fourth-order valence-electron chi connectivity index (χ4n) is 6.58. The fraction of sp³-hybridized carbons (Fsp3) is 0.576. The first-order chi connectivity index (χ1) is 19.0. The SMILES string of the molecule is CCCN(CCC)CCc1cccc2c1C(CC1C(=O)Nc3cccc(CCN(CCC)CCC)c31)C(=O)N2. The molecule has 2 aliphatic rings. The van der Waals surface area contributed by atoms with Crippen molar-refractivity contribution in [3.8, 4) is 0 Å². The van der Waals surface area contributed by atoms with Gasteiger partial charge in [0.05, 0.1) is 11.8 Å². The predicted octanol–water partition coefficient (Wildman–Crippen LogP) is 6.18. The van der Waals surface area contributed by atoms with Gasteiger partial charge in [-0.1, -0.05) is 52.0 Å². The van der Waals surface area contributed by atoms with Crippen LogP contribution in [0.4, 0.5) is 11.4 Å². The lowest BCUT2D eigenvalue weighted by Gasteiger charge is -2.23. The molecule has 2 aromatic rings. The molecule has 0 radical (unpaired) electrons. The molecule has 2 N–H and O–H groups in total. The van der Waals surface area contributed by atoms with E-state index in [1.807, 2.05) is 12.1 Å². The number of rotatable bonds is 16. The molecule has 2 heterocycles. The third kappa shape index (κ3) is 6.90. The number of fused-ring (bicyclic) bond motifs is 2. The molecule has 2 atom stereocenters. The third-order valence-corrected chi connectivity index (χ3v) is 8.26. The Morgan fingerprint density at radius 1 is 0.590 bits per heavy atom. The second kappa shape index (κ2) is 14.1. The Morgan fingerprint density at radius 2 is 0.974 bits per heavy atom. The van der Waals surface area contributed by atoms with Gasteiger partial charge in [0.1, 0.15) is 0 Å². The molecule has 0 bridgehead atoms. The topological polar surface area (TPSA) is 64.7 Å². The van der Waals surface area contributed by atoms with Crippen LogP contribution in [0.2, 0.25) is 0 Å². The summed E-state index contributed by atoms with van der Waals surface area (Å²) in [5.74, 6) is -0.582. The van der Waals surface area contributed by atoms with Gasteiger partial charge in [0, 0.05) is 24.5 Å². The van der Waals surface area contributed by atoms with Crippen molar-refractivity contribution in [2.75, 3.05) is 49.9 Å². The maximum absolute atomic E-state index is 13.3. The highest BCUT2D eigenvalue weighted by Crippen LogP contribution is 2.45. The van der Waals surface area contributed by atoms with Crippen molar-refractivity contribution in [2.45, 2.75) is 84.5 Å². The van der Waals surface area contributed by atoms with Gasteiger partial charge in [-0.3, -0.25) is 9.59 Å². The number of carbonyl (C=O) groups excluding carboxylic acids is 2. The van der Waals surface area contributed by atoms with Crippen LogP contribution >= 0.6 is 0 Å². The number of nitrogens with zero attached hydrogens (tertiary/aromatic N) is 2. The summed E-state index contributed by atoms with van der Waals surface area (Å²) in [4.78, 5) is 31.7. The summed E-state index contributed by atoms with van der Waals surface area (Å²) in [6.45, 7) is 15.3. The van der Waals surface area contributed by atoms with E-state index >= 15 is 0 Å². The van der Waals surface area contributed by atoms with E-state index in [0.29, 0.717) is 6.42 Å². The van der Waals surface area contributed by atoms with Crippen molar-refractivity contribution < 1.29 is 9.59 Å². The number of benzene rings is 2. The minimum atomic E-state index is -0.312. The van der Waals surface area contributed by atoms with Crippen molar-refractivity contribution in [2.24, 2.45) is 0 Å². The van der Waals surface area contributed by atoms with Gasteiger partial charge < -0.3 is 20.4 Å². The molecule has 2 amide bonds. The second-order valence-corrected chi connectivity index (χ2v) is 11.3. The van der Waals surface area contributed by atoms with Crippen LogP contribution in [0.1, 0.15) is 93.9 Å². The van der Waals surface area contributed by atoms with Crippen molar-refractivity contribution in [3.05, 3.63) is 58.7 Å². The number of anilines is 2. The summed E-state index contributed by atoms with van der Waals surface area (Å²) in [6.07, 6.45) is 6.90. The van der Waals surface area contributed by atoms with Gasteiger partial charge in [0.15, 0.2) is 0 Å². The normalized spacial score (nSPS) is 18.0. The van der Waals surface area contributed by atoms with Gasteiger partial charge in [-0.05, 0) is 106 Å². The van der Waals surface area contributed by atoms with Gasteiger partial charge >= 0.3 is 0 Å². The molecule has 6 nitrogen and oxygen atoms in total. The van der Waals surface area contributed by atoms with Crippen molar-refractivity contribution in [1.29, 1.82) is 0 Å². The molecule has 212 valence electrons. The van der Waals surface area contributed by atoms with E-state index in [4.69, 9.17) is 0 Å². The minimum absolute atomic E-state index is 0.0206. The summed E-state index contributed by atoms with van der Waals surface area (Å²) in [7, 11) is 0. The van der Waals surface area contributed by atoms with E-state index in [-0.39, 0.29) is 23.7 Å². The zero-order valence-electron chi connectivity index (χ0n) is 24.5. The van der Waals surface area contributed by atoms with E-state index in [1.54, 1.807) is 0 Å². The summed E-state index contributed by atoms with van der Waals surface area (Å²) in [5.41, 5.74) is 6.51. The molecule has 2 aromatic carbocycles.